The van der Waals surface area contributed by atoms with Crippen LogP contribution in [0, 0.1) is 18.8 Å². The normalized spacial score (nSPS) is 16.3. The summed E-state index contributed by atoms with van der Waals surface area (Å²) in [5.74, 6) is 0.225. The van der Waals surface area contributed by atoms with E-state index in [4.69, 9.17) is 5.73 Å². The van der Waals surface area contributed by atoms with Crippen molar-refractivity contribution in [3.8, 4) is 12.8 Å². The van der Waals surface area contributed by atoms with Crippen LogP contribution in [-0.2, 0) is 0 Å². The lowest BCUT2D eigenvalue weighted by Crippen LogP contribution is -2.37. The molecule has 1 aromatic rings. The van der Waals surface area contributed by atoms with E-state index in [-0.39, 0.29) is 43.6 Å². The molecular weight excluding hydrogens is 463 g/mol. The number of aromatic nitrogens is 2. The number of H-pyrrole nitrogens is 1. The van der Waals surface area contributed by atoms with Crippen molar-refractivity contribution >= 4 is 11.7 Å². The fourth-order valence-electron chi connectivity index (χ4n) is 3.17. The van der Waals surface area contributed by atoms with Gasteiger partial charge in [0.05, 0.1) is 13.2 Å². The second kappa shape index (κ2) is 15.0. The summed E-state index contributed by atoms with van der Waals surface area (Å²) in [7, 11) is 0. The molecule has 1 fully saturated rings. The average Bonchev–Trinajstić information content (AvgIpc) is 3.20. The summed E-state index contributed by atoms with van der Waals surface area (Å²) in [5.41, 5.74) is 6.02. The number of allylic oxidation sites excluding steroid dienone is 2. The Bertz CT molecular complexity index is 969. The third-order valence-electron chi connectivity index (χ3n) is 5.62. The second-order valence-corrected chi connectivity index (χ2v) is 8.02. The van der Waals surface area contributed by atoms with Crippen LogP contribution in [0.3, 0.4) is 0 Å². The largest absolute Gasteiger partial charge is 0.439 e. The van der Waals surface area contributed by atoms with Crippen molar-refractivity contribution in [1.82, 2.24) is 20.8 Å². The first-order valence-electron chi connectivity index (χ1n) is 11.2. The number of halogens is 3. The molecule has 194 valence electrons. The minimum atomic E-state index is -4.38. The van der Waals surface area contributed by atoms with E-state index in [1.165, 1.54) is 19.3 Å². The van der Waals surface area contributed by atoms with Crippen molar-refractivity contribution in [3.05, 3.63) is 40.2 Å². The molecule has 5 N–H and O–H groups in total. The third kappa shape index (κ3) is 10.7. The molecule has 1 saturated carbocycles. The van der Waals surface area contributed by atoms with E-state index in [2.05, 4.69) is 61.6 Å². The van der Waals surface area contributed by atoms with Crippen molar-refractivity contribution in [2.45, 2.75) is 58.2 Å². The topological polar surface area (TPSA) is 134 Å². The molecule has 12 heteroatoms. The number of nitrogens with zero attached hydrogens (tertiary/aromatic N) is 3. The Balaban J connectivity index is 0.00000298. The number of rotatable bonds is 12. The molecule has 0 bridgehead atoms. The standard InChI is InChI=1S/C21H32F3N7O2.C2H2/c1-4-15(9-8-13(2)21(22,23)24)10-26-11-17(25)29-18(19-30-20(32)33-31-19)28-12-27-14(3)16-6-5-7-16;1-2/h4,14,16,26-27H,2,5-12H2,1,3H3,(H2,25,28,29)(H,30,31,32);1-2H/b15-4+;/t14-;/m1./s1. The smallest absolute Gasteiger partial charge is 0.386 e. The highest BCUT2D eigenvalue weighted by Gasteiger charge is 2.31. The molecule has 0 spiro atoms. The van der Waals surface area contributed by atoms with E-state index in [0.717, 1.165) is 5.57 Å². The summed E-state index contributed by atoms with van der Waals surface area (Å²) in [6, 6.07) is 0.302. The van der Waals surface area contributed by atoms with Gasteiger partial charge in [0.25, 0.3) is 0 Å². The summed E-state index contributed by atoms with van der Waals surface area (Å²) in [6.07, 6.45) is 9.06. The summed E-state index contributed by atoms with van der Waals surface area (Å²) >= 11 is 0. The zero-order valence-electron chi connectivity index (χ0n) is 20.1. The lowest BCUT2D eigenvalue weighted by Gasteiger charge is -2.31. The number of nitrogens with two attached hydrogens (primary N) is 1. The van der Waals surface area contributed by atoms with Gasteiger partial charge >= 0.3 is 11.9 Å². The summed E-state index contributed by atoms with van der Waals surface area (Å²) in [6.45, 7) is 7.70. The van der Waals surface area contributed by atoms with Crippen LogP contribution in [0.2, 0.25) is 0 Å². The first kappa shape index (κ1) is 29.9. The second-order valence-electron chi connectivity index (χ2n) is 8.02. The fraction of sp³-hybridized carbons (Fsp3) is 0.565. The Morgan fingerprint density at radius 3 is 2.57 bits per heavy atom. The molecule has 0 aromatic carbocycles. The number of hydrogen-bond acceptors (Lipinski definition) is 6. The minimum absolute atomic E-state index is 0.0563. The molecule has 0 aliphatic heterocycles. The number of terminal acetylenes is 1. The van der Waals surface area contributed by atoms with E-state index in [9.17, 15) is 18.0 Å². The fourth-order valence-corrected chi connectivity index (χ4v) is 3.17. The number of aromatic amines is 1. The van der Waals surface area contributed by atoms with Gasteiger partial charge in [-0.15, -0.1) is 12.8 Å². The molecule has 0 saturated heterocycles. The van der Waals surface area contributed by atoms with Crippen LogP contribution < -0.4 is 22.1 Å². The Labute approximate surface area is 203 Å². The Morgan fingerprint density at radius 2 is 2.06 bits per heavy atom. The Kier molecular flexibility index (Phi) is 12.8. The number of aliphatic imine (C=N–C) groups is 2. The third-order valence-corrected chi connectivity index (χ3v) is 5.62. The van der Waals surface area contributed by atoms with Crippen LogP contribution in [0.4, 0.5) is 13.2 Å². The van der Waals surface area contributed by atoms with Gasteiger partial charge in [-0.05, 0) is 45.4 Å². The van der Waals surface area contributed by atoms with E-state index in [1.54, 1.807) is 13.0 Å². The SMILES string of the molecule is C#C.C=C(CC/C(=C\C)CNCC(N)=N/C(=N\CN[C@H](C)C1CCC1)c1noc(=O)[nH]1)C(F)(F)F. The van der Waals surface area contributed by atoms with Crippen LogP contribution in [0.1, 0.15) is 51.8 Å². The monoisotopic (exact) mass is 497 g/mol. The van der Waals surface area contributed by atoms with Crippen LogP contribution in [0.15, 0.2) is 43.1 Å². The molecule has 0 radical (unpaired) electrons. The van der Waals surface area contributed by atoms with Crippen LogP contribution in [0.5, 0.6) is 0 Å². The maximum Gasteiger partial charge on any atom is 0.439 e. The average molecular weight is 498 g/mol. The molecule has 1 atom stereocenters. The Hall–Kier alpha value is -3.17. The van der Waals surface area contributed by atoms with Crippen LogP contribution >= 0.6 is 0 Å². The van der Waals surface area contributed by atoms with E-state index in [0.29, 0.717) is 18.5 Å². The van der Waals surface area contributed by atoms with Crippen molar-refractivity contribution in [2.24, 2.45) is 21.6 Å². The Morgan fingerprint density at radius 1 is 1.37 bits per heavy atom. The van der Waals surface area contributed by atoms with E-state index < -0.39 is 17.5 Å². The van der Waals surface area contributed by atoms with Crippen molar-refractivity contribution in [3.63, 3.8) is 0 Å². The molecule has 1 heterocycles. The number of alkyl halides is 3. The van der Waals surface area contributed by atoms with Crippen molar-refractivity contribution in [2.75, 3.05) is 19.8 Å². The van der Waals surface area contributed by atoms with Crippen LogP contribution in [-0.4, -0.2) is 53.8 Å². The molecule has 0 amide bonds. The first-order valence-corrected chi connectivity index (χ1v) is 11.2. The predicted molar refractivity (Wildman–Crippen MR) is 131 cm³/mol. The van der Waals surface area contributed by atoms with Crippen molar-refractivity contribution < 1.29 is 17.7 Å². The molecule has 1 aromatic heterocycles. The van der Waals surface area contributed by atoms with Gasteiger partial charge < -0.3 is 11.1 Å². The summed E-state index contributed by atoms with van der Waals surface area (Å²) in [5, 5.41) is 9.97. The van der Waals surface area contributed by atoms with Gasteiger partial charge in [-0.2, -0.15) is 13.2 Å². The highest BCUT2D eigenvalue weighted by Crippen LogP contribution is 2.29. The highest BCUT2D eigenvalue weighted by molar-refractivity contribution is 6.04. The molecule has 35 heavy (non-hydrogen) atoms. The quantitative estimate of drug-likeness (QED) is 0.152. The predicted octanol–water partition coefficient (Wildman–Crippen LogP) is 2.89. The van der Waals surface area contributed by atoms with E-state index in [1.807, 2.05) is 0 Å². The highest BCUT2D eigenvalue weighted by atomic mass is 19.4. The zero-order chi connectivity index (χ0) is 26.4. The zero-order valence-corrected chi connectivity index (χ0v) is 20.1. The van der Waals surface area contributed by atoms with Gasteiger partial charge in [0, 0.05) is 18.2 Å². The van der Waals surface area contributed by atoms with Gasteiger partial charge in [-0.1, -0.05) is 29.8 Å². The molecule has 2 rings (SSSR count). The van der Waals surface area contributed by atoms with Gasteiger partial charge in [0.15, 0.2) is 5.84 Å². The number of nitrogens with one attached hydrogen (secondary N) is 3. The van der Waals surface area contributed by atoms with Gasteiger partial charge in [-0.3, -0.25) is 14.8 Å². The van der Waals surface area contributed by atoms with Crippen LogP contribution in [0.25, 0.3) is 0 Å². The number of hydrogen-bond donors (Lipinski definition) is 4. The maximum absolute atomic E-state index is 12.6. The molecule has 0 unspecified atom stereocenters. The van der Waals surface area contributed by atoms with E-state index >= 15 is 0 Å². The minimum Gasteiger partial charge on any atom is -0.386 e. The maximum atomic E-state index is 12.6. The lowest BCUT2D eigenvalue weighted by molar-refractivity contribution is -0.0935. The molecule has 1 aliphatic carbocycles. The van der Waals surface area contributed by atoms with Gasteiger partial charge in [0.2, 0.25) is 5.82 Å². The van der Waals surface area contributed by atoms with Gasteiger partial charge in [0.1, 0.15) is 5.84 Å². The number of amidine groups is 2. The summed E-state index contributed by atoms with van der Waals surface area (Å²) < 4.78 is 42.3. The molecule has 9 nitrogen and oxygen atoms in total. The summed E-state index contributed by atoms with van der Waals surface area (Å²) in [4.78, 5) is 22.3. The first-order chi connectivity index (χ1) is 16.6. The van der Waals surface area contributed by atoms with Gasteiger partial charge in [-0.25, -0.2) is 14.8 Å². The molecule has 1 aliphatic rings. The lowest BCUT2D eigenvalue weighted by atomic mass is 9.80. The molecular formula is C23H34F3N7O2. The van der Waals surface area contributed by atoms with Crippen molar-refractivity contribution in [1.29, 1.82) is 0 Å².